The van der Waals surface area contributed by atoms with Gasteiger partial charge in [0, 0.05) is 12.1 Å². The molecule has 2 heterocycles. The third-order valence-corrected chi connectivity index (χ3v) is 5.78. The molecule has 0 aliphatic carbocycles. The van der Waals surface area contributed by atoms with Crippen molar-refractivity contribution in [3.8, 4) is 11.6 Å². The molecule has 7 heteroatoms. The number of benzene rings is 2. The number of ether oxygens (including phenoxy) is 1. The Hall–Kier alpha value is -2.90. The number of fused-ring (bicyclic) bond motifs is 1. The zero-order valence-electron chi connectivity index (χ0n) is 16.0. The van der Waals surface area contributed by atoms with Gasteiger partial charge in [0.1, 0.15) is 11.6 Å². The maximum atomic E-state index is 10.9. The molecular weight excluding hydrogens is 372 g/mol. The van der Waals surface area contributed by atoms with Crippen molar-refractivity contribution in [3.05, 3.63) is 76.4 Å². The number of hydrogen-bond acceptors (Lipinski definition) is 6. The Morgan fingerprint density at radius 1 is 1.14 bits per heavy atom. The van der Waals surface area contributed by atoms with Crippen LogP contribution in [0.2, 0.25) is 0 Å². The number of para-hydroxylation sites is 1. The van der Waals surface area contributed by atoms with E-state index in [1.54, 1.807) is 7.11 Å². The van der Waals surface area contributed by atoms with Crippen LogP contribution >= 0.6 is 11.3 Å². The molecule has 4 aromatic rings. The lowest BCUT2D eigenvalue weighted by atomic mass is 10.0. The van der Waals surface area contributed by atoms with Crippen LogP contribution in [0.4, 0.5) is 0 Å². The number of aromatic hydroxyl groups is 1. The molecule has 2 aromatic carbocycles. The Morgan fingerprint density at radius 2 is 1.86 bits per heavy atom. The molecule has 2 aromatic heterocycles. The number of aryl methyl sites for hydroxylation is 1. The monoisotopic (exact) mass is 394 g/mol. The van der Waals surface area contributed by atoms with Gasteiger partial charge in [-0.15, -0.1) is 5.10 Å². The summed E-state index contributed by atoms with van der Waals surface area (Å²) in [4.78, 5) is 8.09. The first-order valence-electron chi connectivity index (χ1n) is 9.00. The van der Waals surface area contributed by atoms with Gasteiger partial charge in [-0.2, -0.15) is 4.52 Å². The van der Waals surface area contributed by atoms with Crippen LogP contribution in [0.25, 0.3) is 4.96 Å². The summed E-state index contributed by atoms with van der Waals surface area (Å²) >= 11 is 1.45. The zero-order valence-corrected chi connectivity index (χ0v) is 16.8. The number of rotatable bonds is 6. The molecular formula is C21H22N4O2S. The second-order valence-electron chi connectivity index (χ2n) is 6.69. The minimum atomic E-state index is -0.204. The van der Waals surface area contributed by atoms with Crippen molar-refractivity contribution >= 4 is 16.3 Å². The van der Waals surface area contributed by atoms with Crippen LogP contribution in [0.1, 0.15) is 27.9 Å². The van der Waals surface area contributed by atoms with E-state index in [-0.39, 0.29) is 11.9 Å². The predicted octanol–water partition coefficient (Wildman–Crippen LogP) is 4.03. The first kappa shape index (κ1) is 18.5. The van der Waals surface area contributed by atoms with Crippen LogP contribution in [0.15, 0.2) is 54.6 Å². The van der Waals surface area contributed by atoms with Crippen molar-refractivity contribution in [3.63, 3.8) is 0 Å². The van der Waals surface area contributed by atoms with Crippen LogP contribution in [-0.2, 0) is 6.54 Å². The molecule has 0 amide bonds. The van der Waals surface area contributed by atoms with Gasteiger partial charge < -0.3 is 9.84 Å². The van der Waals surface area contributed by atoms with Gasteiger partial charge in [0.25, 0.3) is 0 Å². The first-order chi connectivity index (χ1) is 13.6. The van der Waals surface area contributed by atoms with Crippen LogP contribution < -0.4 is 4.74 Å². The van der Waals surface area contributed by atoms with E-state index in [1.807, 2.05) is 56.4 Å². The molecule has 0 bridgehead atoms. The fraction of sp³-hybridized carbons (Fsp3) is 0.238. The van der Waals surface area contributed by atoms with E-state index in [1.165, 1.54) is 21.4 Å². The van der Waals surface area contributed by atoms with Crippen molar-refractivity contribution < 1.29 is 9.84 Å². The zero-order chi connectivity index (χ0) is 19.7. The second kappa shape index (κ2) is 7.61. The third kappa shape index (κ3) is 3.34. The molecule has 4 rings (SSSR count). The van der Waals surface area contributed by atoms with Crippen molar-refractivity contribution in [2.75, 3.05) is 14.2 Å². The van der Waals surface area contributed by atoms with E-state index in [2.05, 4.69) is 27.1 Å². The summed E-state index contributed by atoms with van der Waals surface area (Å²) < 4.78 is 7.13. The maximum absolute atomic E-state index is 10.9. The van der Waals surface area contributed by atoms with Gasteiger partial charge in [-0.1, -0.05) is 59.9 Å². The van der Waals surface area contributed by atoms with Gasteiger partial charge in [0.05, 0.1) is 18.0 Å². The van der Waals surface area contributed by atoms with E-state index in [0.717, 1.165) is 22.7 Å². The minimum Gasteiger partial charge on any atom is -0.496 e. The minimum absolute atomic E-state index is 0.122. The summed E-state index contributed by atoms with van der Waals surface area (Å²) in [6, 6.07) is 18.0. The van der Waals surface area contributed by atoms with Crippen molar-refractivity contribution in [1.29, 1.82) is 0 Å². The molecule has 0 saturated heterocycles. The Bertz CT molecular complexity index is 1090. The van der Waals surface area contributed by atoms with Crippen molar-refractivity contribution in [1.82, 2.24) is 19.5 Å². The standard InChI is InChI=1S/C21H22N4O2S/c1-14-22-21-25(23-14)20(26)19(28-21)18(16-11-7-8-12-17(16)27-3)24(2)13-15-9-5-4-6-10-15/h4-12,18,26H,13H2,1-3H3/t18-/m0/s1. The highest BCUT2D eigenvalue weighted by Gasteiger charge is 2.29. The van der Waals surface area contributed by atoms with Gasteiger partial charge in [-0.05, 0) is 25.6 Å². The van der Waals surface area contributed by atoms with Gasteiger partial charge in [-0.3, -0.25) is 4.90 Å². The van der Waals surface area contributed by atoms with Crippen LogP contribution in [-0.4, -0.2) is 38.8 Å². The number of methoxy groups -OCH3 is 1. The number of hydrogen-bond donors (Lipinski definition) is 1. The number of aromatic nitrogens is 3. The fourth-order valence-corrected chi connectivity index (χ4v) is 4.64. The van der Waals surface area contributed by atoms with E-state index in [0.29, 0.717) is 10.8 Å². The molecule has 28 heavy (non-hydrogen) atoms. The lowest BCUT2D eigenvalue weighted by molar-refractivity contribution is 0.260. The largest absolute Gasteiger partial charge is 0.496 e. The highest BCUT2D eigenvalue weighted by Crippen LogP contribution is 2.42. The molecule has 0 spiro atoms. The molecule has 0 aliphatic heterocycles. The molecule has 6 nitrogen and oxygen atoms in total. The SMILES string of the molecule is COc1ccccc1[C@@H](c1sc2nc(C)nn2c1O)N(C)Cc1ccccc1. The Kier molecular flexibility index (Phi) is 5.02. The normalized spacial score (nSPS) is 12.6. The molecule has 0 fully saturated rings. The average molecular weight is 395 g/mol. The summed E-state index contributed by atoms with van der Waals surface area (Å²) in [7, 11) is 3.71. The Balaban J connectivity index is 1.82. The number of nitrogens with zero attached hydrogens (tertiary/aromatic N) is 4. The van der Waals surface area contributed by atoms with E-state index in [4.69, 9.17) is 4.74 Å². The van der Waals surface area contributed by atoms with E-state index >= 15 is 0 Å². The quantitative estimate of drug-likeness (QED) is 0.535. The summed E-state index contributed by atoms with van der Waals surface area (Å²) in [6.45, 7) is 2.54. The summed E-state index contributed by atoms with van der Waals surface area (Å²) in [5.74, 6) is 1.54. The lowest BCUT2D eigenvalue weighted by Crippen LogP contribution is -2.25. The highest BCUT2D eigenvalue weighted by atomic mass is 32.1. The Labute approximate surface area is 167 Å². The molecule has 0 unspecified atom stereocenters. The Morgan fingerprint density at radius 3 is 2.57 bits per heavy atom. The van der Waals surface area contributed by atoms with Crippen LogP contribution in [0, 0.1) is 6.92 Å². The van der Waals surface area contributed by atoms with Crippen molar-refractivity contribution in [2.45, 2.75) is 19.5 Å². The maximum Gasteiger partial charge on any atom is 0.230 e. The van der Waals surface area contributed by atoms with Crippen LogP contribution in [0.5, 0.6) is 11.6 Å². The molecule has 1 N–H and O–H groups in total. The van der Waals surface area contributed by atoms with E-state index < -0.39 is 0 Å². The summed E-state index contributed by atoms with van der Waals surface area (Å²) in [6.07, 6.45) is 0. The molecule has 1 atom stereocenters. The molecule has 0 aliphatic rings. The summed E-state index contributed by atoms with van der Waals surface area (Å²) in [5, 5.41) is 15.2. The van der Waals surface area contributed by atoms with Gasteiger partial charge in [-0.25, -0.2) is 4.98 Å². The van der Waals surface area contributed by atoms with E-state index in [9.17, 15) is 5.11 Å². The highest BCUT2D eigenvalue weighted by molar-refractivity contribution is 7.17. The molecule has 0 radical (unpaired) electrons. The molecule has 144 valence electrons. The van der Waals surface area contributed by atoms with Crippen molar-refractivity contribution in [2.24, 2.45) is 0 Å². The fourth-order valence-electron chi connectivity index (χ4n) is 3.46. The van der Waals surface area contributed by atoms with Gasteiger partial charge in [0.15, 0.2) is 0 Å². The van der Waals surface area contributed by atoms with Crippen LogP contribution in [0.3, 0.4) is 0 Å². The van der Waals surface area contributed by atoms with Gasteiger partial charge in [0.2, 0.25) is 10.8 Å². The third-order valence-electron chi connectivity index (χ3n) is 4.70. The van der Waals surface area contributed by atoms with Gasteiger partial charge >= 0.3 is 0 Å². The second-order valence-corrected chi connectivity index (χ2v) is 7.70. The average Bonchev–Trinajstić information content (AvgIpc) is 3.21. The first-order valence-corrected chi connectivity index (χ1v) is 9.82. The molecule has 0 saturated carbocycles. The smallest absolute Gasteiger partial charge is 0.230 e. The topological polar surface area (TPSA) is 62.9 Å². The summed E-state index contributed by atoms with van der Waals surface area (Å²) in [5.41, 5.74) is 2.18. The predicted molar refractivity (Wildman–Crippen MR) is 110 cm³/mol. The lowest BCUT2D eigenvalue weighted by Gasteiger charge is -2.29. The number of thiazole rings is 1.